The first-order chi connectivity index (χ1) is 12.4. The number of carbonyl (C=O) groups is 1. The van der Waals surface area contributed by atoms with Crippen molar-refractivity contribution in [3.63, 3.8) is 0 Å². The van der Waals surface area contributed by atoms with Gasteiger partial charge in [0.05, 0.1) is 11.4 Å². The van der Waals surface area contributed by atoms with Crippen molar-refractivity contribution in [1.29, 1.82) is 0 Å². The number of sulfonamides is 1. The van der Waals surface area contributed by atoms with Gasteiger partial charge in [-0.2, -0.15) is 0 Å². The SMILES string of the molecule is CCC(=O)N1CCCc2ccc(NS(=O)(=O)Cc3cccc(F)c3)cc21. The number of carbonyl (C=O) groups excluding carboxylic acids is 1. The highest BCUT2D eigenvalue weighted by Crippen LogP contribution is 2.31. The van der Waals surface area contributed by atoms with E-state index < -0.39 is 15.8 Å². The molecule has 0 radical (unpaired) electrons. The van der Waals surface area contributed by atoms with E-state index in [2.05, 4.69) is 4.72 Å². The van der Waals surface area contributed by atoms with Crippen molar-refractivity contribution < 1.29 is 17.6 Å². The van der Waals surface area contributed by atoms with Gasteiger partial charge in [0.15, 0.2) is 0 Å². The Kier molecular flexibility index (Phi) is 5.27. The third-order valence-corrected chi connectivity index (χ3v) is 5.59. The highest BCUT2D eigenvalue weighted by Gasteiger charge is 2.22. The Hall–Kier alpha value is -2.41. The van der Waals surface area contributed by atoms with E-state index in [1.807, 2.05) is 13.0 Å². The maximum absolute atomic E-state index is 13.3. The molecule has 1 N–H and O–H groups in total. The van der Waals surface area contributed by atoms with E-state index in [1.54, 1.807) is 23.1 Å². The molecule has 2 aromatic rings. The molecule has 0 spiro atoms. The van der Waals surface area contributed by atoms with E-state index in [-0.39, 0.29) is 11.7 Å². The van der Waals surface area contributed by atoms with E-state index in [4.69, 9.17) is 0 Å². The molecule has 1 aliphatic heterocycles. The number of nitrogens with zero attached hydrogens (tertiary/aromatic N) is 1. The van der Waals surface area contributed by atoms with Crippen molar-refractivity contribution in [1.82, 2.24) is 0 Å². The van der Waals surface area contributed by atoms with Crippen LogP contribution in [-0.4, -0.2) is 20.9 Å². The summed E-state index contributed by atoms with van der Waals surface area (Å²) in [4.78, 5) is 13.9. The quantitative estimate of drug-likeness (QED) is 0.869. The lowest BCUT2D eigenvalue weighted by molar-refractivity contribution is -0.118. The minimum atomic E-state index is -3.69. The number of fused-ring (bicyclic) bond motifs is 1. The monoisotopic (exact) mass is 376 g/mol. The van der Waals surface area contributed by atoms with E-state index in [1.165, 1.54) is 18.2 Å². The summed E-state index contributed by atoms with van der Waals surface area (Å²) in [6, 6.07) is 10.8. The molecular formula is C19H21FN2O3S. The summed E-state index contributed by atoms with van der Waals surface area (Å²) >= 11 is 0. The van der Waals surface area contributed by atoms with Crippen LogP contribution in [0, 0.1) is 5.82 Å². The number of halogens is 1. The molecule has 1 aliphatic rings. The van der Waals surface area contributed by atoms with E-state index in [9.17, 15) is 17.6 Å². The van der Waals surface area contributed by atoms with Gasteiger partial charge in [0.1, 0.15) is 5.82 Å². The molecule has 1 amide bonds. The summed E-state index contributed by atoms with van der Waals surface area (Å²) in [5.41, 5.74) is 2.56. The number of nitrogens with one attached hydrogen (secondary N) is 1. The fourth-order valence-corrected chi connectivity index (χ4v) is 4.33. The normalized spacial score (nSPS) is 14.0. The molecule has 0 unspecified atom stereocenters. The van der Waals surface area contributed by atoms with Crippen LogP contribution in [0.25, 0.3) is 0 Å². The van der Waals surface area contributed by atoms with Gasteiger partial charge in [0.2, 0.25) is 15.9 Å². The summed E-state index contributed by atoms with van der Waals surface area (Å²) in [5, 5.41) is 0. The molecule has 2 aromatic carbocycles. The summed E-state index contributed by atoms with van der Waals surface area (Å²) in [6.45, 7) is 2.45. The lowest BCUT2D eigenvalue weighted by atomic mass is 10.0. The largest absolute Gasteiger partial charge is 0.312 e. The molecule has 26 heavy (non-hydrogen) atoms. The zero-order valence-corrected chi connectivity index (χ0v) is 15.4. The lowest BCUT2D eigenvalue weighted by Crippen LogP contribution is -2.35. The van der Waals surface area contributed by atoms with Gasteiger partial charge in [-0.1, -0.05) is 25.1 Å². The summed E-state index contributed by atoms with van der Waals surface area (Å²) < 4.78 is 40.6. The Bertz CT molecular complexity index is 928. The van der Waals surface area contributed by atoms with Crippen molar-refractivity contribution >= 4 is 27.3 Å². The number of aryl methyl sites for hydroxylation is 1. The Balaban J connectivity index is 1.83. The molecule has 3 rings (SSSR count). The van der Waals surface area contributed by atoms with Crippen molar-refractivity contribution in [3.05, 3.63) is 59.4 Å². The molecule has 0 aromatic heterocycles. The summed E-state index contributed by atoms with van der Waals surface area (Å²) in [6.07, 6.45) is 2.15. The van der Waals surface area contributed by atoms with Gasteiger partial charge in [-0.05, 0) is 48.2 Å². The van der Waals surface area contributed by atoms with Gasteiger partial charge >= 0.3 is 0 Å². The zero-order chi connectivity index (χ0) is 18.7. The van der Waals surface area contributed by atoms with Crippen molar-refractivity contribution in [2.75, 3.05) is 16.2 Å². The van der Waals surface area contributed by atoms with Crippen LogP contribution >= 0.6 is 0 Å². The first-order valence-corrected chi connectivity index (χ1v) is 10.2. The second-order valence-electron chi connectivity index (χ2n) is 6.34. The number of amides is 1. The van der Waals surface area contributed by atoms with Gasteiger partial charge in [-0.25, -0.2) is 12.8 Å². The lowest BCUT2D eigenvalue weighted by Gasteiger charge is -2.29. The number of hydrogen-bond acceptors (Lipinski definition) is 3. The molecule has 0 aliphatic carbocycles. The van der Waals surface area contributed by atoms with Crippen LogP contribution in [0.4, 0.5) is 15.8 Å². The average molecular weight is 376 g/mol. The highest BCUT2D eigenvalue weighted by molar-refractivity contribution is 7.91. The molecule has 138 valence electrons. The minimum Gasteiger partial charge on any atom is -0.312 e. The molecule has 5 nitrogen and oxygen atoms in total. The second-order valence-corrected chi connectivity index (χ2v) is 8.06. The predicted molar refractivity (Wildman–Crippen MR) is 100 cm³/mol. The smallest absolute Gasteiger partial charge is 0.236 e. The standard InChI is InChI=1S/C19H21FN2O3S/c1-2-19(23)22-10-4-6-15-8-9-17(12-18(15)22)21-26(24,25)13-14-5-3-7-16(20)11-14/h3,5,7-9,11-12,21H,2,4,6,10,13H2,1H3. The number of rotatable bonds is 5. The first-order valence-electron chi connectivity index (χ1n) is 8.56. The molecule has 0 saturated carbocycles. The van der Waals surface area contributed by atoms with E-state index in [0.717, 1.165) is 24.1 Å². The number of hydrogen-bond donors (Lipinski definition) is 1. The van der Waals surface area contributed by atoms with Gasteiger partial charge in [0, 0.05) is 18.7 Å². The average Bonchev–Trinajstić information content (AvgIpc) is 2.59. The molecule has 0 bridgehead atoms. The van der Waals surface area contributed by atoms with Crippen LogP contribution in [-0.2, 0) is 27.0 Å². The fraction of sp³-hybridized carbons (Fsp3) is 0.316. The van der Waals surface area contributed by atoms with Crippen molar-refractivity contribution in [2.45, 2.75) is 31.9 Å². The van der Waals surface area contributed by atoms with E-state index >= 15 is 0 Å². The molecule has 0 saturated heterocycles. The zero-order valence-electron chi connectivity index (χ0n) is 14.5. The Morgan fingerprint density at radius 3 is 2.77 bits per heavy atom. The van der Waals surface area contributed by atoms with Crippen molar-refractivity contribution in [3.8, 4) is 0 Å². The van der Waals surface area contributed by atoms with Gasteiger partial charge < -0.3 is 4.90 Å². The van der Waals surface area contributed by atoms with Gasteiger partial charge in [-0.3, -0.25) is 9.52 Å². The third-order valence-electron chi connectivity index (χ3n) is 4.33. The topological polar surface area (TPSA) is 66.5 Å². The van der Waals surface area contributed by atoms with Crippen LogP contribution in [0.2, 0.25) is 0 Å². The second kappa shape index (κ2) is 7.45. The minimum absolute atomic E-state index is 0.0192. The van der Waals surface area contributed by atoms with Gasteiger partial charge in [0.25, 0.3) is 0 Å². The summed E-state index contributed by atoms with van der Waals surface area (Å²) in [5.74, 6) is -0.773. The van der Waals surface area contributed by atoms with Crippen LogP contribution in [0.3, 0.4) is 0 Å². The van der Waals surface area contributed by atoms with Crippen LogP contribution in [0.1, 0.15) is 30.9 Å². The molecule has 0 fully saturated rings. The Morgan fingerprint density at radius 1 is 1.23 bits per heavy atom. The van der Waals surface area contributed by atoms with Crippen LogP contribution < -0.4 is 9.62 Å². The first kappa shape index (κ1) is 18.4. The molecule has 0 atom stereocenters. The highest BCUT2D eigenvalue weighted by atomic mass is 32.2. The number of benzene rings is 2. The predicted octanol–water partition coefficient (Wildman–Crippen LogP) is 3.46. The maximum atomic E-state index is 13.3. The maximum Gasteiger partial charge on any atom is 0.236 e. The Morgan fingerprint density at radius 2 is 2.04 bits per heavy atom. The molecular weight excluding hydrogens is 355 g/mol. The van der Waals surface area contributed by atoms with Gasteiger partial charge in [-0.15, -0.1) is 0 Å². The summed E-state index contributed by atoms with van der Waals surface area (Å²) in [7, 11) is -3.69. The molecule has 7 heteroatoms. The molecule has 1 heterocycles. The number of anilines is 2. The van der Waals surface area contributed by atoms with E-state index in [0.29, 0.717) is 24.2 Å². The third kappa shape index (κ3) is 4.22. The van der Waals surface area contributed by atoms with Crippen molar-refractivity contribution in [2.24, 2.45) is 0 Å². The Labute approximate surface area is 152 Å². The van der Waals surface area contributed by atoms with Crippen LogP contribution in [0.15, 0.2) is 42.5 Å². The van der Waals surface area contributed by atoms with Crippen LogP contribution in [0.5, 0.6) is 0 Å². The fourth-order valence-electron chi connectivity index (χ4n) is 3.15.